The highest BCUT2D eigenvalue weighted by atomic mass is 16.6. The molecule has 0 saturated carbocycles. The summed E-state index contributed by atoms with van der Waals surface area (Å²) in [6.45, 7) is 6.73. The summed E-state index contributed by atoms with van der Waals surface area (Å²) in [4.78, 5) is 10.8. The molecule has 0 bridgehead atoms. The summed E-state index contributed by atoms with van der Waals surface area (Å²) in [5.74, 6) is 0. The van der Waals surface area contributed by atoms with Gasteiger partial charge in [-0.2, -0.15) is 0 Å². The van der Waals surface area contributed by atoms with Crippen molar-refractivity contribution in [3.05, 3.63) is 4.91 Å². The number of nitroso groups, excluding NO2 is 1. The Labute approximate surface area is 200 Å². The molecule has 9 heteroatoms. The Morgan fingerprint density at radius 1 is 0.576 bits per heavy atom. The van der Waals surface area contributed by atoms with E-state index in [1.54, 1.807) is 0 Å². The van der Waals surface area contributed by atoms with E-state index in [0.29, 0.717) is 52.9 Å². The molecule has 198 valence electrons. The molecule has 0 aromatic heterocycles. The van der Waals surface area contributed by atoms with E-state index in [9.17, 15) is 4.91 Å². The Kier molecular flexibility index (Phi) is 28.7. The third-order valence-corrected chi connectivity index (χ3v) is 4.91. The molecule has 1 atom stereocenters. The van der Waals surface area contributed by atoms with E-state index in [-0.39, 0.29) is 19.8 Å². The zero-order chi connectivity index (χ0) is 24.1. The number of nitrogens with zero attached hydrogens (tertiary/aromatic N) is 1. The molecule has 0 saturated heterocycles. The van der Waals surface area contributed by atoms with Gasteiger partial charge in [0.2, 0.25) is 6.23 Å². The van der Waals surface area contributed by atoms with E-state index < -0.39 is 6.23 Å². The molecule has 9 nitrogen and oxygen atoms in total. The van der Waals surface area contributed by atoms with Crippen molar-refractivity contribution in [2.24, 2.45) is 5.18 Å². The molecule has 1 unspecified atom stereocenters. The molecule has 0 aromatic rings. The first-order valence-electron chi connectivity index (χ1n) is 12.8. The van der Waals surface area contributed by atoms with Crippen molar-refractivity contribution in [1.29, 1.82) is 0 Å². The highest BCUT2D eigenvalue weighted by Gasteiger charge is 2.08. The molecule has 0 rings (SSSR count). The van der Waals surface area contributed by atoms with Crippen molar-refractivity contribution >= 4 is 0 Å². The normalized spacial score (nSPS) is 12.3. The van der Waals surface area contributed by atoms with Gasteiger partial charge in [-0.3, -0.25) is 0 Å². The van der Waals surface area contributed by atoms with E-state index in [1.165, 1.54) is 57.8 Å². The van der Waals surface area contributed by atoms with Gasteiger partial charge in [0.1, 0.15) is 0 Å². The number of aliphatic hydroxyl groups is 1. The van der Waals surface area contributed by atoms with Gasteiger partial charge in [-0.05, 0) is 11.6 Å². The topological polar surface area (TPSA) is 105 Å². The second-order valence-electron chi connectivity index (χ2n) is 7.86. The maximum atomic E-state index is 10.8. The quantitative estimate of drug-likeness (QED) is 0.126. The standard InChI is InChI=1S/C24H49NO8/c1-2-3-4-5-6-7-8-9-10-11-13-28-15-17-31-21-22-33-24(25-27)23-32-20-19-30-18-16-29-14-12-26/h24,26H,2-23H2,1H3. The van der Waals surface area contributed by atoms with Gasteiger partial charge < -0.3 is 33.5 Å². The van der Waals surface area contributed by atoms with Crippen LogP contribution in [0.15, 0.2) is 5.18 Å². The monoisotopic (exact) mass is 479 g/mol. The summed E-state index contributed by atoms with van der Waals surface area (Å²) in [6.07, 6.45) is 12.3. The van der Waals surface area contributed by atoms with Gasteiger partial charge >= 0.3 is 0 Å². The van der Waals surface area contributed by atoms with Crippen LogP contribution in [0.25, 0.3) is 0 Å². The van der Waals surface area contributed by atoms with Gasteiger partial charge in [0.25, 0.3) is 0 Å². The molecule has 0 aromatic carbocycles. The van der Waals surface area contributed by atoms with Crippen LogP contribution in [0.1, 0.15) is 71.1 Å². The smallest absolute Gasteiger partial charge is 0.213 e. The maximum absolute atomic E-state index is 10.8. The lowest BCUT2D eigenvalue weighted by Gasteiger charge is -2.12. The van der Waals surface area contributed by atoms with Crippen LogP contribution in [0.4, 0.5) is 0 Å². The molecular formula is C24H49NO8. The number of aliphatic hydroxyl groups excluding tert-OH is 1. The maximum Gasteiger partial charge on any atom is 0.213 e. The van der Waals surface area contributed by atoms with Crippen LogP contribution in [0.2, 0.25) is 0 Å². The number of ether oxygens (including phenoxy) is 6. The van der Waals surface area contributed by atoms with Crippen molar-refractivity contribution in [3.63, 3.8) is 0 Å². The number of hydrogen-bond donors (Lipinski definition) is 1. The second kappa shape index (κ2) is 29.4. The molecule has 0 aliphatic carbocycles. The lowest BCUT2D eigenvalue weighted by Crippen LogP contribution is -2.21. The Hall–Kier alpha value is -0.680. The summed E-state index contributed by atoms with van der Waals surface area (Å²) in [5.41, 5.74) is 0. The van der Waals surface area contributed by atoms with Crippen molar-refractivity contribution in [1.82, 2.24) is 0 Å². The fourth-order valence-corrected chi connectivity index (χ4v) is 3.05. The molecule has 0 heterocycles. The van der Waals surface area contributed by atoms with E-state index in [0.717, 1.165) is 13.0 Å². The summed E-state index contributed by atoms with van der Waals surface area (Å²) < 4.78 is 32.0. The molecule has 0 aliphatic heterocycles. The summed E-state index contributed by atoms with van der Waals surface area (Å²) in [5, 5.41) is 11.5. The van der Waals surface area contributed by atoms with Crippen LogP contribution < -0.4 is 0 Å². The predicted octanol–water partition coefficient (Wildman–Crippen LogP) is 4.09. The van der Waals surface area contributed by atoms with Gasteiger partial charge in [-0.15, -0.1) is 4.91 Å². The summed E-state index contributed by atoms with van der Waals surface area (Å²) in [7, 11) is 0. The number of unbranched alkanes of at least 4 members (excludes halogenated alkanes) is 9. The highest BCUT2D eigenvalue weighted by molar-refractivity contribution is 4.52. The average molecular weight is 480 g/mol. The van der Waals surface area contributed by atoms with Gasteiger partial charge in [0.05, 0.1) is 72.7 Å². The van der Waals surface area contributed by atoms with E-state index >= 15 is 0 Å². The fourth-order valence-electron chi connectivity index (χ4n) is 3.05. The minimum atomic E-state index is -0.853. The average Bonchev–Trinajstić information content (AvgIpc) is 2.83. The minimum absolute atomic E-state index is 0.00144. The first-order chi connectivity index (χ1) is 16.3. The zero-order valence-electron chi connectivity index (χ0n) is 20.9. The second-order valence-corrected chi connectivity index (χ2v) is 7.86. The lowest BCUT2D eigenvalue weighted by molar-refractivity contribution is -0.0514. The summed E-state index contributed by atoms with van der Waals surface area (Å²) >= 11 is 0. The first-order valence-corrected chi connectivity index (χ1v) is 12.8. The molecule has 0 aliphatic rings. The van der Waals surface area contributed by atoms with Gasteiger partial charge in [-0.25, -0.2) is 0 Å². The van der Waals surface area contributed by atoms with Crippen LogP contribution in [-0.2, 0) is 28.4 Å². The molecule has 0 amide bonds. The van der Waals surface area contributed by atoms with Crippen LogP contribution in [-0.4, -0.2) is 90.6 Å². The predicted molar refractivity (Wildman–Crippen MR) is 129 cm³/mol. The summed E-state index contributed by atoms with van der Waals surface area (Å²) in [6, 6.07) is 0. The highest BCUT2D eigenvalue weighted by Crippen LogP contribution is 2.10. The van der Waals surface area contributed by atoms with Crippen LogP contribution in [0, 0.1) is 4.91 Å². The molecule has 0 fully saturated rings. The number of hydrogen-bond acceptors (Lipinski definition) is 9. The fraction of sp³-hybridized carbons (Fsp3) is 1.00. The molecule has 0 spiro atoms. The van der Waals surface area contributed by atoms with Crippen molar-refractivity contribution in [3.8, 4) is 0 Å². The van der Waals surface area contributed by atoms with Crippen molar-refractivity contribution < 1.29 is 33.5 Å². The molecule has 1 N–H and O–H groups in total. The Morgan fingerprint density at radius 3 is 1.58 bits per heavy atom. The van der Waals surface area contributed by atoms with Crippen LogP contribution in [0.3, 0.4) is 0 Å². The lowest BCUT2D eigenvalue weighted by atomic mass is 10.1. The third kappa shape index (κ3) is 27.4. The minimum Gasteiger partial charge on any atom is -0.394 e. The van der Waals surface area contributed by atoms with Crippen LogP contribution >= 0.6 is 0 Å². The molecular weight excluding hydrogens is 430 g/mol. The van der Waals surface area contributed by atoms with Crippen molar-refractivity contribution in [2.45, 2.75) is 77.4 Å². The first kappa shape index (κ1) is 32.3. The van der Waals surface area contributed by atoms with Gasteiger partial charge in [0, 0.05) is 6.61 Å². The Morgan fingerprint density at radius 2 is 1.03 bits per heavy atom. The van der Waals surface area contributed by atoms with E-state index in [2.05, 4.69) is 12.1 Å². The number of rotatable bonds is 29. The van der Waals surface area contributed by atoms with Crippen LogP contribution in [0.5, 0.6) is 0 Å². The van der Waals surface area contributed by atoms with Gasteiger partial charge in [0.15, 0.2) is 0 Å². The molecule has 33 heavy (non-hydrogen) atoms. The zero-order valence-corrected chi connectivity index (χ0v) is 20.9. The molecule has 0 radical (unpaired) electrons. The Balaban J connectivity index is 3.24. The SMILES string of the molecule is CCCCCCCCCCCCOCCOCCOC(COCCOCCOCCO)N=O. The van der Waals surface area contributed by atoms with Gasteiger partial charge in [-0.1, -0.05) is 64.7 Å². The van der Waals surface area contributed by atoms with E-state index in [4.69, 9.17) is 33.5 Å². The largest absolute Gasteiger partial charge is 0.394 e. The van der Waals surface area contributed by atoms with Crippen molar-refractivity contribution in [2.75, 3.05) is 79.3 Å². The Bertz CT molecular complexity index is 376. The third-order valence-electron chi connectivity index (χ3n) is 4.91. The van der Waals surface area contributed by atoms with E-state index in [1.807, 2.05) is 0 Å².